The molecule has 0 aliphatic rings. The number of methoxy groups -OCH3 is 1. The second kappa shape index (κ2) is 7.53. The van der Waals surface area contributed by atoms with Gasteiger partial charge in [-0.05, 0) is 57.5 Å². The van der Waals surface area contributed by atoms with E-state index in [1.54, 1.807) is 26.0 Å². The fraction of sp³-hybridized carbons (Fsp3) is 0.421. The zero-order valence-corrected chi connectivity index (χ0v) is 16.9. The van der Waals surface area contributed by atoms with Crippen molar-refractivity contribution in [3.63, 3.8) is 0 Å². The molecule has 6 nitrogen and oxygen atoms in total. The van der Waals surface area contributed by atoms with E-state index >= 15 is 0 Å². The van der Waals surface area contributed by atoms with Crippen molar-refractivity contribution in [1.29, 1.82) is 0 Å². The summed E-state index contributed by atoms with van der Waals surface area (Å²) < 4.78 is 33.6. The highest BCUT2D eigenvalue weighted by Crippen LogP contribution is 2.37. The van der Waals surface area contributed by atoms with Crippen LogP contribution in [0.25, 0.3) is 0 Å². The first-order chi connectivity index (χ1) is 12.1. The first-order valence-electron chi connectivity index (χ1n) is 8.55. The van der Waals surface area contributed by atoms with Crippen molar-refractivity contribution in [2.24, 2.45) is 0 Å². The van der Waals surface area contributed by atoms with Crippen LogP contribution in [0, 0.1) is 13.8 Å². The number of hydrogen-bond donors (Lipinski definition) is 1. The van der Waals surface area contributed by atoms with Gasteiger partial charge >= 0.3 is 0 Å². The van der Waals surface area contributed by atoms with Gasteiger partial charge in [0.15, 0.2) is 0 Å². The summed E-state index contributed by atoms with van der Waals surface area (Å²) in [5.74, 6) is 0.685. The highest BCUT2D eigenvalue weighted by molar-refractivity contribution is 7.91. The van der Waals surface area contributed by atoms with Crippen LogP contribution in [0.4, 0.5) is 5.82 Å². The van der Waals surface area contributed by atoms with E-state index in [1.165, 1.54) is 19.2 Å². The van der Waals surface area contributed by atoms with Gasteiger partial charge in [-0.3, -0.25) is 4.79 Å². The van der Waals surface area contributed by atoms with Crippen LogP contribution in [0.2, 0.25) is 0 Å². The summed E-state index contributed by atoms with van der Waals surface area (Å²) >= 11 is 0. The smallest absolute Gasteiger partial charge is 0.225 e. The number of carbonyl (C=O) groups is 1. The molecule has 0 unspecified atom stereocenters. The fourth-order valence-corrected chi connectivity index (χ4v) is 4.67. The van der Waals surface area contributed by atoms with Crippen LogP contribution in [-0.4, -0.2) is 26.0 Å². The van der Waals surface area contributed by atoms with Gasteiger partial charge in [-0.1, -0.05) is 6.92 Å². The van der Waals surface area contributed by atoms with Gasteiger partial charge in [-0.2, -0.15) is 0 Å². The van der Waals surface area contributed by atoms with E-state index in [-0.39, 0.29) is 28.2 Å². The van der Waals surface area contributed by atoms with E-state index in [9.17, 15) is 13.2 Å². The van der Waals surface area contributed by atoms with Crippen molar-refractivity contribution in [2.75, 3.05) is 12.4 Å². The quantitative estimate of drug-likeness (QED) is 0.827. The van der Waals surface area contributed by atoms with Crippen LogP contribution < -0.4 is 10.1 Å². The lowest BCUT2D eigenvalue weighted by Crippen LogP contribution is -2.17. The molecule has 0 aliphatic carbocycles. The summed E-state index contributed by atoms with van der Waals surface area (Å²) in [5, 5.41) is 2.79. The summed E-state index contributed by atoms with van der Waals surface area (Å²) in [5.41, 5.74) is 1.46. The summed E-state index contributed by atoms with van der Waals surface area (Å²) in [7, 11) is -2.28. The predicted octanol–water partition coefficient (Wildman–Crippen LogP) is 3.88. The van der Waals surface area contributed by atoms with E-state index in [4.69, 9.17) is 4.74 Å². The molecule has 0 spiro atoms. The van der Waals surface area contributed by atoms with Gasteiger partial charge in [0.25, 0.3) is 0 Å². The van der Waals surface area contributed by atoms with Gasteiger partial charge in [0.1, 0.15) is 16.5 Å². The van der Waals surface area contributed by atoms with Crippen LogP contribution in [0.1, 0.15) is 44.5 Å². The average Bonchev–Trinajstić information content (AvgIpc) is 2.85. The van der Waals surface area contributed by atoms with Crippen molar-refractivity contribution < 1.29 is 17.9 Å². The maximum absolute atomic E-state index is 13.3. The number of benzene rings is 1. The van der Waals surface area contributed by atoms with Crippen LogP contribution in [0.15, 0.2) is 34.1 Å². The Balaban J connectivity index is 2.73. The van der Waals surface area contributed by atoms with Crippen LogP contribution in [0.5, 0.6) is 5.75 Å². The highest BCUT2D eigenvalue weighted by Gasteiger charge is 2.31. The third kappa shape index (κ3) is 3.49. The first kappa shape index (κ1) is 20.0. The maximum Gasteiger partial charge on any atom is 0.225 e. The molecular weight excluding hydrogens is 352 g/mol. The third-order valence-corrected chi connectivity index (χ3v) is 6.36. The SMILES string of the molecule is CCC(=O)Nc1c(S(=O)(=O)c2ccc(OC)cc2)c(C)c(C)n1C(C)C. The lowest BCUT2D eigenvalue weighted by Gasteiger charge is -2.17. The molecule has 2 aromatic rings. The Kier molecular flexibility index (Phi) is 5.81. The molecule has 0 aliphatic heterocycles. The Morgan fingerprint density at radius 3 is 2.23 bits per heavy atom. The van der Waals surface area contributed by atoms with Crippen LogP contribution in [-0.2, 0) is 14.6 Å². The van der Waals surface area contributed by atoms with Gasteiger partial charge in [0.05, 0.1) is 12.0 Å². The molecule has 0 radical (unpaired) electrons. The monoisotopic (exact) mass is 378 g/mol. The number of nitrogens with one attached hydrogen (secondary N) is 1. The number of carbonyl (C=O) groups excluding carboxylic acids is 1. The summed E-state index contributed by atoms with van der Waals surface area (Å²) in [6.45, 7) is 9.28. The lowest BCUT2D eigenvalue weighted by molar-refractivity contribution is -0.115. The molecular formula is C19H26N2O4S. The predicted molar refractivity (Wildman–Crippen MR) is 102 cm³/mol. The van der Waals surface area contributed by atoms with Gasteiger partial charge in [0.2, 0.25) is 15.7 Å². The van der Waals surface area contributed by atoms with Crippen LogP contribution in [0.3, 0.4) is 0 Å². The minimum Gasteiger partial charge on any atom is -0.497 e. The Bertz CT molecular complexity index is 910. The third-order valence-electron chi connectivity index (χ3n) is 4.43. The average molecular weight is 378 g/mol. The number of anilines is 1. The second-order valence-corrected chi connectivity index (χ2v) is 8.32. The minimum atomic E-state index is -3.81. The van der Waals surface area contributed by atoms with E-state index in [0.29, 0.717) is 17.1 Å². The highest BCUT2D eigenvalue weighted by atomic mass is 32.2. The van der Waals surface area contributed by atoms with Gasteiger partial charge in [-0.25, -0.2) is 8.42 Å². The molecule has 2 rings (SSSR count). The largest absolute Gasteiger partial charge is 0.497 e. The molecule has 0 bridgehead atoms. The topological polar surface area (TPSA) is 77.4 Å². The molecule has 1 N–H and O–H groups in total. The van der Waals surface area contributed by atoms with Gasteiger partial charge < -0.3 is 14.6 Å². The number of rotatable bonds is 6. The van der Waals surface area contributed by atoms with E-state index in [1.807, 2.05) is 25.3 Å². The van der Waals surface area contributed by atoms with Gasteiger partial charge in [0, 0.05) is 18.2 Å². The number of nitrogens with zero attached hydrogens (tertiary/aromatic N) is 1. The van der Waals surface area contributed by atoms with Crippen LogP contribution >= 0.6 is 0 Å². The molecule has 1 heterocycles. The second-order valence-electron chi connectivity index (χ2n) is 6.43. The molecule has 0 atom stereocenters. The maximum atomic E-state index is 13.3. The number of ether oxygens (including phenoxy) is 1. The number of hydrogen-bond acceptors (Lipinski definition) is 4. The normalized spacial score (nSPS) is 11.7. The Labute approximate surface area is 155 Å². The fourth-order valence-electron chi connectivity index (χ4n) is 2.98. The summed E-state index contributed by atoms with van der Waals surface area (Å²) in [4.78, 5) is 12.4. The van der Waals surface area contributed by atoms with Crippen molar-refractivity contribution in [2.45, 2.75) is 56.9 Å². The standard InChI is InChI=1S/C19H26N2O4S/c1-7-17(22)20-19-18(13(4)14(5)21(19)12(2)3)26(23,24)16-10-8-15(25-6)9-11-16/h8-12H,7H2,1-6H3,(H,20,22). The van der Waals surface area contributed by atoms with Crippen molar-refractivity contribution in [3.05, 3.63) is 35.5 Å². The summed E-state index contributed by atoms with van der Waals surface area (Å²) in [6, 6.07) is 6.25. The Morgan fingerprint density at radius 1 is 1.19 bits per heavy atom. The Morgan fingerprint density at radius 2 is 1.77 bits per heavy atom. The van der Waals surface area contributed by atoms with Gasteiger partial charge in [-0.15, -0.1) is 0 Å². The number of sulfone groups is 1. The van der Waals surface area contributed by atoms with E-state index in [0.717, 1.165) is 5.69 Å². The number of aromatic nitrogens is 1. The molecule has 26 heavy (non-hydrogen) atoms. The zero-order valence-electron chi connectivity index (χ0n) is 16.1. The zero-order chi connectivity index (χ0) is 19.6. The molecule has 1 aromatic heterocycles. The molecule has 0 saturated carbocycles. The Hall–Kier alpha value is -2.28. The molecule has 0 fully saturated rings. The molecule has 0 saturated heterocycles. The molecule has 7 heteroatoms. The summed E-state index contributed by atoms with van der Waals surface area (Å²) in [6.07, 6.45) is 0.267. The molecule has 1 aromatic carbocycles. The van der Waals surface area contributed by atoms with Crippen molar-refractivity contribution >= 4 is 21.6 Å². The van der Waals surface area contributed by atoms with Crippen molar-refractivity contribution in [1.82, 2.24) is 4.57 Å². The minimum absolute atomic E-state index is 0.000624. The lowest BCUT2D eigenvalue weighted by atomic mass is 10.3. The van der Waals surface area contributed by atoms with E-state index < -0.39 is 9.84 Å². The first-order valence-corrected chi connectivity index (χ1v) is 10.0. The van der Waals surface area contributed by atoms with E-state index in [2.05, 4.69) is 5.32 Å². The number of amides is 1. The van der Waals surface area contributed by atoms with Crippen molar-refractivity contribution in [3.8, 4) is 5.75 Å². The molecule has 1 amide bonds. The molecule has 142 valence electrons.